The maximum absolute atomic E-state index is 11.6. The molecule has 18 heavy (non-hydrogen) atoms. The molecular weight excluding hydrogens is 228 g/mol. The highest BCUT2D eigenvalue weighted by molar-refractivity contribution is 5.61. The number of allylic oxidation sites excluding steroid dienone is 1. The number of carbonyl (C=O) groups excluding carboxylic acids is 1. The first kappa shape index (κ1) is 14.6. The molecular formula is C15H22O3. The number of hydrogen-bond acceptors (Lipinski definition) is 3. The number of hydrogen-bond donors (Lipinski definition) is 0. The smallest absolute Gasteiger partial charge is 0.429 e. The summed E-state index contributed by atoms with van der Waals surface area (Å²) in [4.78, 5) is 11.6. The first-order valence-corrected chi connectivity index (χ1v) is 6.44. The van der Waals surface area contributed by atoms with Gasteiger partial charge in [-0.2, -0.15) is 0 Å². The Morgan fingerprint density at radius 2 is 2.22 bits per heavy atom. The predicted molar refractivity (Wildman–Crippen MR) is 71.1 cm³/mol. The van der Waals surface area contributed by atoms with Crippen LogP contribution in [0.25, 0.3) is 0 Å². The second-order valence-electron chi connectivity index (χ2n) is 5.50. The first-order chi connectivity index (χ1) is 8.42. The summed E-state index contributed by atoms with van der Waals surface area (Å²) < 4.78 is 10.5. The summed E-state index contributed by atoms with van der Waals surface area (Å²) in [7, 11) is 0. The van der Waals surface area contributed by atoms with Crippen LogP contribution in [0.2, 0.25) is 0 Å². The Morgan fingerprint density at radius 1 is 1.50 bits per heavy atom. The lowest BCUT2D eigenvalue weighted by molar-refractivity contribution is -0.0200. The van der Waals surface area contributed by atoms with E-state index in [1.807, 2.05) is 20.8 Å². The molecule has 1 atom stereocenters. The summed E-state index contributed by atoms with van der Waals surface area (Å²) in [5.74, 6) is 2.56. The largest absolute Gasteiger partial charge is 0.509 e. The SMILES string of the molecule is C#CC[C@@H](OC(=O)OC(C)(C)C)C1=CCCCC1. The molecule has 0 aliphatic heterocycles. The van der Waals surface area contributed by atoms with Crippen LogP contribution in [0.4, 0.5) is 4.79 Å². The number of rotatable bonds is 3. The third-order valence-electron chi connectivity index (χ3n) is 2.67. The van der Waals surface area contributed by atoms with Crippen molar-refractivity contribution in [3.05, 3.63) is 11.6 Å². The van der Waals surface area contributed by atoms with E-state index < -0.39 is 11.8 Å². The zero-order valence-corrected chi connectivity index (χ0v) is 11.5. The fourth-order valence-corrected chi connectivity index (χ4v) is 1.90. The molecule has 0 saturated carbocycles. The molecule has 0 aromatic heterocycles. The Labute approximate surface area is 110 Å². The summed E-state index contributed by atoms with van der Waals surface area (Å²) in [6.45, 7) is 5.43. The van der Waals surface area contributed by atoms with Crippen molar-refractivity contribution in [3.63, 3.8) is 0 Å². The lowest BCUT2D eigenvalue weighted by Gasteiger charge is -2.24. The van der Waals surface area contributed by atoms with Crippen molar-refractivity contribution >= 4 is 6.16 Å². The molecule has 0 amide bonds. The second kappa shape index (κ2) is 6.49. The normalized spacial score (nSPS) is 17.3. The van der Waals surface area contributed by atoms with Crippen molar-refractivity contribution in [2.45, 2.75) is 64.6 Å². The van der Waals surface area contributed by atoms with Gasteiger partial charge in [0.2, 0.25) is 0 Å². The van der Waals surface area contributed by atoms with Gasteiger partial charge < -0.3 is 9.47 Å². The van der Waals surface area contributed by atoms with Crippen LogP contribution < -0.4 is 0 Å². The highest BCUT2D eigenvalue weighted by Gasteiger charge is 2.23. The fraction of sp³-hybridized carbons (Fsp3) is 0.667. The van der Waals surface area contributed by atoms with Crippen LogP contribution in [0.15, 0.2) is 11.6 Å². The quantitative estimate of drug-likeness (QED) is 0.434. The van der Waals surface area contributed by atoms with Gasteiger partial charge in [0, 0.05) is 6.42 Å². The zero-order valence-electron chi connectivity index (χ0n) is 11.5. The average Bonchev–Trinajstić information content (AvgIpc) is 2.27. The van der Waals surface area contributed by atoms with Crippen LogP contribution >= 0.6 is 0 Å². The highest BCUT2D eigenvalue weighted by atomic mass is 16.7. The topological polar surface area (TPSA) is 35.5 Å². The average molecular weight is 250 g/mol. The molecule has 0 saturated heterocycles. The minimum atomic E-state index is -0.644. The van der Waals surface area contributed by atoms with Gasteiger partial charge in [0.1, 0.15) is 11.7 Å². The van der Waals surface area contributed by atoms with Gasteiger partial charge in [0.05, 0.1) is 0 Å². The van der Waals surface area contributed by atoms with Gasteiger partial charge in [-0.05, 0) is 52.0 Å². The molecule has 0 heterocycles. The number of carbonyl (C=O) groups is 1. The molecule has 1 aliphatic rings. The Kier molecular flexibility index (Phi) is 5.27. The summed E-state index contributed by atoms with van der Waals surface area (Å²) in [6, 6.07) is 0. The van der Waals surface area contributed by atoms with Gasteiger partial charge in [-0.15, -0.1) is 12.3 Å². The third-order valence-corrected chi connectivity index (χ3v) is 2.67. The van der Waals surface area contributed by atoms with Crippen LogP contribution in [0, 0.1) is 12.3 Å². The lowest BCUT2D eigenvalue weighted by Crippen LogP contribution is -2.28. The van der Waals surface area contributed by atoms with Gasteiger partial charge in [-0.25, -0.2) is 4.79 Å². The summed E-state index contributed by atoms with van der Waals surface area (Å²) >= 11 is 0. The predicted octanol–water partition coefficient (Wildman–Crippen LogP) is 3.83. The van der Waals surface area contributed by atoms with E-state index in [4.69, 9.17) is 15.9 Å². The Bertz CT molecular complexity index is 355. The minimum absolute atomic E-state index is 0.329. The van der Waals surface area contributed by atoms with E-state index in [-0.39, 0.29) is 6.10 Å². The molecule has 0 fully saturated rings. The lowest BCUT2D eigenvalue weighted by atomic mass is 9.94. The molecule has 3 nitrogen and oxygen atoms in total. The van der Waals surface area contributed by atoms with Crippen LogP contribution in [-0.2, 0) is 9.47 Å². The molecule has 0 aromatic rings. The number of ether oxygens (including phenoxy) is 2. The van der Waals surface area contributed by atoms with Crippen molar-refractivity contribution in [2.24, 2.45) is 0 Å². The Morgan fingerprint density at radius 3 is 2.72 bits per heavy atom. The molecule has 0 unspecified atom stereocenters. The van der Waals surface area contributed by atoms with Crippen LogP contribution in [0.3, 0.4) is 0 Å². The van der Waals surface area contributed by atoms with E-state index >= 15 is 0 Å². The first-order valence-electron chi connectivity index (χ1n) is 6.44. The molecule has 100 valence electrons. The van der Waals surface area contributed by atoms with Gasteiger partial charge in [-0.1, -0.05) is 6.08 Å². The van der Waals surface area contributed by atoms with E-state index in [9.17, 15) is 4.79 Å². The molecule has 0 bridgehead atoms. The Balaban J connectivity index is 2.60. The van der Waals surface area contributed by atoms with Crippen molar-refractivity contribution in [1.82, 2.24) is 0 Å². The van der Waals surface area contributed by atoms with E-state index in [1.165, 1.54) is 6.42 Å². The molecule has 0 radical (unpaired) electrons. The zero-order chi connectivity index (χ0) is 13.6. The molecule has 0 N–H and O–H groups in total. The number of terminal acetylenes is 1. The van der Waals surface area contributed by atoms with E-state index in [1.54, 1.807) is 0 Å². The molecule has 1 aliphatic carbocycles. The van der Waals surface area contributed by atoms with Crippen molar-refractivity contribution in [2.75, 3.05) is 0 Å². The van der Waals surface area contributed by atoms with Crippen molar-refractivity contribution in [1.29, 1.82) is 0 Å². The van der Waals surface area contributed by atoms with Crippen LogP contribution in [0.1, 0.15) is 52.9 Å². The summed E-state index contributed by atoms with van der Waals surface area (Å²) in [6.07, 6.45) is 11.2. The fourth-order valence-electron chi connectivity index (χ4n) is 1.90. The van der Waals surface area contributed by atoms with E-state index in [0.29, 0.717) is 6.42 Å². The molecule has 0 spiro atoms. The van der Waals surface area contributed by atoms with Gasteiger partial charge in [0.25, 0.3) is 0 Å². The molecule has 0 aromatic carbocycles. The maximum Gasteiger partial charge on any atom is 0.509 e. The second-order valence-corrected chi connectivity index (χ2v) is 5.50. The van der Waals surface area contributed by atoms with Gasteiger partial charge in [0.15, 0.2) is 0 Å². The van der Waals surface area contributed by atoms with Crippen LogP contribution in [-0.4, -0.2) is 17.9 Å². The standard InChI is InChI=1S/C15H22O3/c1-5-9-13(12-10-7-6-8-11-12)17-14(16)18-15(2,3)4/h1,10,13H,6-9,11H2,2-4H3/t13-/m1/s1. The van der Waals surface area contributed by atoms with E-state index in [0.717, 1.165) is 24.8 Å². The monoisotopic (exact) mass is 250 g/mol. The molecule has 3 heteroatoms. The third kappa shape index (κ3) is 5.27. The summed E-state index contributed by atoms with van der Waals surface area (Å²) in [5, 5.41) is 0. The molecule has 1 rings (SSSR count). The summed E-state index contributed by atoms with van der Waals surface area (Å²) in [5.41, 5.74) is 0.587. The maximum atomic E-state index is 11.6. The van der Waals surface area contributed by atoms with E-state index in [2.05, 4.69) is 12.0 Å². The van der Waals surface area contributed by atoms with Gasteiger partial charge in [-0.3, -0.25) is 0 Å². The van der Waals surface area contributed by atoms with Crippen LogP contribution in [0.5, 0.6) is 0 Å². The Hall–Kier alpha value is -1.43. The minimum Gasteiger partial charge on any atom is -0.429 e. The van der Waals surface area contributed by atoms with Crippen molar-refractivity contribution in [3.8, 4) is 12.3 Å². The highest BCUT2D eigenvalue weighted by Crippen LogP contribution is 2.24. The van der Waals surface area contributed by atoms with Gasteiger partial charge >= 0.3 is 6.16 Å². The van der Waals surface area contributed by atoms with Crippen molar-refractivity contribution < 1.29 is 14.3 Å².